The third-order valence-corrected chi connectivity index (χ3v) is 4.59. The second kappa shape index (κ2) is 6.57. The Kier molecular flexibility index (Phi) is 4.74. The van der Waals surface area contributed by atoms with E-state index in [0.717, 1.165) is 16.7 Å². The van der Waals surface area contributed by atoms with E-state index in [1.165, 1.54) is 12.8 Å². The number of hydrogen-bond donors (Lipinski definition) is 1. The van der Waals surface area contributed by atoms with Crippen molar-refractivity contribution >= 4 is 39.1 Å². The molecule has 1 N–H and O–H groups in total. The van der Waals surface area contributed by atoms with Gasteiger partial charge in [0.1, 0.15) is 12.4 Å². The zero-order valence-corrected chi connectivity index (χ0v) is 14.1. The van der Waals surface area contributed by atoms with E-state index in [0.29, 0.717) is 27.6 Å². The van der Waals surface area contributed by atoms with E-state index < -0.39 is 0 Å². The first-order valence-electron chi connectivity index (χ1n) is 6.57. The second-order valence-corrected chi connectivity index (χ2v) is 6.59. The van der Waals surface area contributed by atoms with Crippen LogP contribution in [0.25, 0.3) is 0 Å². The fourth-order valence-corrected chi connectivity index (χ4v) is 2.65. The first-order chi connectivity index (χ1) is 10.1. The molecule has 1 aliphatic carbocycles. The standard InChI is InChI=1S/C14H13BrCl2N2O2/c15-11-4-13(17)14(5-12(11)16)20-7-10-3-9(19-21-10)6-18-8-1-2-8/h3-5,8,18H,1-2,6-7H2. The highest BCUT2D eigenvalue weighted by Crippen LogP contribution is 2.34. The Balaban J connectivity index is 1.58. The molecule has 1 aliphatic rings. The van der Waals surface area contributed by atoms with Crippen molar-refractivity contribution in [3.63, 3.8) is 0 Å². The van der Waals surface area contributed by atoms with Crippen molar-refractivity contribution in [2.45, 2.75) is 32.0 Å². The predicted molar refractivity (Wildman–Crippen MR) is 84.9 cm³/mol. The maximum Gasteiger partial charge on any atom is 0.174 e. The average molecular weight is 392 g/mol. The van der Waals surface area contributed by atoms with Crippen LogP contribution in [0.3, 0.4) is 0 Å². The summed E-state index contributed by atoms with van der Waals surface area (Å²) in [6.45, 7) is 0.979. The van der Waals surface area contributed by atoms with E-state index in [1.54, 1.807) is 12.1 Å². The van der Waals surface area contributed by atoms with Gasteiger partial charge in [-0.15, -0.1) is 0 Å². The smallest absolute Gasteiger partial charge is 0.174 e. The summed E-state index contributed by atoms with van der Waals surface area (Å²) in [7, 11) is 0. The molecule has 0 spiro atoms. The van der Waals surface area contributed by atoms with E-state index >= 15 is 0 Å². The quantitative estimate of drug-likeness (QED) is 0.732. The molecule has 1 heterocycles. The summed E-state index contributed by atoms with van der Waals surface area (Å²) >= 11 is 15.4. The Morgan fingerprint density at radius 2 is 2.10 bits per heavy atom. The van der Waals surface area contributed by atoms with Crippen LogP contribution in [0.2, 0.25) is 10.0 Å². The maximum absolute atomic E-state index is 6.09. The van der Waals surface area contributed by atoms with Gasteiger partial charge in [-0.1, -0.05) is 28.4 Å². The first kappa shape index (κ1) is 15.2. The van der Waals surface area contributed by atoms with Gasteiger partial charge in [0.05, 0.1) is 15.7 Å². The van der Waals surface area contributed by atoms with Crippen molar-refractivity contribution in [3.8, 4) is 5.75 Å². The highest BCUT2D eigenvalue weighted by Gasteiger charge is 2.20. The molecule has 0 atom stereocenters. The Labute approximate surface area is 140 Å². The molecule has 21 heavy (non-hydrogen) atoms. The fraction of sp³-hybridized carbons (Fsp3) is 0.357. The fourth-order valence-electron chi connectivity index (χ4n) is 1.81. The lowest BCUT2D eigenvalue weighted by molar-refractivity contribution is 0.248. The molecule has 2 aromatic rings. The van der Waals surface area contributed by atoms with Crippen LogP contribution < -0.4 is 10.1 Å². The van der Waals surface area contributed by atoms with E-state index in [9.17, 15) is 0 Å². The normalized spacial score (nSPS) is 14.4. The minimum atomic E-state index is 0.258. The van der Waals surface area contributed by atoms with E-state index in [4.69, 9.17) is 32.5 Å². The zero-order chi connectivity index (χ0) is 14.8. The second-order valence-electron chi connectivity index (χ2n) is 4.93. The molecule has 0 bridgehead atoms. The Morgan fingerprint density at radius 3 is 2.86 bits per heavy atom. The van der Waals surface area contributed by atoms with Crippen molar-refractivity contribution in [1.29, 1.82) is 0 Å². The molecule has 1 saturated carbocycles. The molecule has 0 saturated heterocycles. The van der Waals surface area contributed by atoms with Crippen molar-refractivity contribution < 1.29 is 9.26 Å². The Morgan fingerprint density at radius 1 is 1.29 bits per heavy atom. The molecular formula is C14H13BrCl2N2O2. The summed E-state index contributed by atoms with van der Waals surface area (Å²) in [6, 6.07) is 5.89. The summed E-state index contributed by atoms with van der Waals surface area (Å²) in [5.74, 6) is 1.16. The van der Waals surface area contributed by atoms with Crippen molar-refractivity contribution in [1.82, 2.24) is 10.5 Å². The van der Waals surface area contributed by atoms with E-state index in [1.807, 2.05) is 6.07 Å². The van der Waals surface area contributed by atoms with Gasteiger partial charge in [-0.25, -0.2) is 0 Å². The molecular weight excluding hydrogens is 379 g/mol. The highest BCUT2D eigenvalue weighted by molar-refractivity contribution is 9.10. The van der Waals surface area contributed by atoms with Gasteiger partial charge in [0.15, 0.2) is 5.76 Å². The van der Waals surface area contributed by atoms with E-state index in [2.05, 4.69) is 26.4 Å². The SMILES string of the molecule is Clc1cc(OCc2cc(CNC3CC3)no2)c(Cl)cc1Br. The lowest BCUT2D eigenvalue weighted by Crippen LogP contribution is -2.15. The van der Waals surface area contributed by atoms with Crippen LogP contribution in [-0.4, -0.2) is 11.2 Å². The van der Waals surface area contributed by atoms with E-state index in [-0.39, 0.29) is 6.61 Å². The number of aromatic nitrogens is 1. The number of ether oxygens (including phenoxy) is 1. The van der Waals surface area contributed by atoms with Gasteiger partial charge < -0.3 is 14.6 Å². The predicted octanol–water partition coefficient (Wildman–Crippen LogP) is 4.57. The van der Waals surface area contributed by atoms with Gasteiger partial charge >= 0.3 is 0 Å². The maximum atomic E-state index is 6.09. The molecule has 4 nitrogen and oxygen atoms in total. The Hall–Kier alpha value is -0.750. The minimum absolute atomic E-state index is 0.258. The zero-order valence-electron chi connectivity index (χ0n) is 11.0. The molecule has 1 fully saturated rings. The molecule has 0 amide bonds. The Bertz CT molecular complexity index is 644. The largest absolute Gasteiger partial charge is 0.484 e. The molecule has 0 radical (unpaired) electrons. The van der Waals surface area contributed by atoms with Crippen LogP contribution in [-0.2, 0) is 13.2 Å². The van der Waals surface area contributed by atoms with Gasteiger partial charge in [0.2, 0.25) is 0 Å². The number of hydrogen-bond acceptors (Lipinski definition) is 4. The lowest BCUT2D eigenvalue weighted by atomic mass is 10.3. The number of benzene rings is 1. The molecule has 1 aromatic heterocycles. The van der Waals surface area contributed by atoms with Crippen LogP contribution in [0.4, 0.5) is 0 Å². The van der Waals surface area contributed by atoms with Gasteiger partial charge in [-0.2, -0.15) is 0 Å². The number of nitrogens with one attached hydrogen (secondary N) is 1. The number of halogens is 3. The number of rotatable bonds is 6. The number of nitrogens with zero attached hydrogens (tertiary/aromatic N) is 1. The van der Waals surface area contributed by atoms with Crippen molar-refractivity contribution in [2.24, 2.45) is 0 Å². The lowest BCUT2D eigenvalue weighted by Gasteiger charge is -2.07. The monoisotopic (exact) mass is 390 g/mol. The summed E-state index contributed by atoms with van der Waals surface area (Å²) in [5, 5.41) is 8.40. The van der Waals surface area contributed by atoms with Gasteiger partial charge in [-0.3, -0.25) is 0 Å². The van der Waals surface area contributed by atoms with Crippen LogP contribution >= 0.6 is 39.1 Å². The summed E-state index contributed by atoms with van der Waals surface area (Å²) in [4.78, 5) is 0. The summed E-state index contributed by atoms with van der Waals surface area (Å²) in [6.07, 6.45) is 2.49. The summed E-state index contributed by atoms with van der Waals surface area (Å²) in [5.41, 5.74) is 0.875. The molecule has 0 aliphatic heterocycles. The summed E-state index contributed by atoms with van der Waals surface area (Å²) < 4.78 is 11.6. The molecule has 7 heteroatoms. The van der Waals surface area contributed by atoms with Crippen LogP contribution in [0.15, 0.2) is 27.2 Å². The third kappa shape index (κ3) is 4.13. The van der Waals surface area contributed by atoms with Gasteiger partial charge in [0.25, 0.3) is 0 Å². The highest BCUT2D eigenvalue weighted by atomic mass is 79.9. The van der Waals surface area contributed by atoms with Crippen molar-refractivity contribution in [2.75, 3.05) is 0 Å². The minimum Gasteiger partial charge on any atom is -0.484 e. The van der Waals surface area contributed by atoms with Crippen LogP contribution in [0.5, 0.6) is 5.75 Å². The van der Waals surface area contributed by atoms with Gasteiger partial charge in [0, 0.05) is 29.2 Å². The molecule has 0 unspecified atom stereocenters. The average Bonchev–Trinajstić information content (AvgIpc) is 3.18. The van der Waals surface area contributed by atoms with Gasteiger partial charge in [-0.05, 0) is 34.8 Å². The first-order valence-corrected chi connectivity index (χ1v) is 8.12. The van der Waals surface area contributed by atoms with Crippen molar-refractivity contribution in [3.05, 3.63) is 44.2 Å². The van der Waals surface area contributed by atoms with Crippen LogP contribution in [0.1, 0.15) is 24.3 Å². The molecule has 112 valence electrons. The van der Waals surface area contributed by atoms with Crippen LogP contribution in [0, 0.1) is 0 Å². The molecule has 3 rings (SSSR count). The third-order valence-electron chi connectivity index (χ3n) is 3.10. The molecule has 1 aromatic carbocycles. The topological polar surface area (TPSA) is 47.3 Å².